The van der Waals surface area contributed by atoms with Gasteiger partial charge in [-0.05, 0) is 12.1 Å². The van der Waals surface area contributed by atoms with Crippen LogP contribution in [0.25, 0.3) is 5.69 Å². The molecular formula is C16H16N6O3. The summed E-state index contributed by atoms with van der Waals surface area (Å²) in [6, 6.07) is 4.91. The van der Waals surface area contributed by atoms with E-state index < -0.39 is 0 Å². The maximum absolute atomic E-state index is 12.4. The smallest absolute Gasteiger partial charge is 0.256 e. The Labute approximate surface area is 142 Å². The lowest BCUT2D eigenvalue weighted by molar-refractivity contribution is 0.0946. The van der Waals surface area contributed by atoms with Crippen LogP contribution in [0, 0.1) is 0 Å². The first-order valence-corrected chi connectivity index (χ1v) is 7.43. The molecule has 3 heterocycles. The van der Waals surface area contributed by atoms with Gasteiger partial charge in [-0.25, -0.2) is 4.68 Å². The Morgan fingerprint density at radius 3 is 2.92 bits per heavy atom. The number of amides is 1. The maximum Gasteiger partial charge on any atom is 0.256 e. The van der Waals surface area contributed by atoms with Gasteiger partial charge >= 0.3 is 0 Å². The van der Waals surface area contributed by atoms with Gasteiger partial charge in [-0.2, -0.15) is 0 Å². The summed E-state index contributed by atoms with van der Waals surface area (Å²) in [6.45, 7) is 0.186. The van der Waals surface area contributed by atoms with Crippen molar-refractivity contribution in [1.29, 1.82) is 0 Å². The lowest BCUT2D eigenvalue weighted by Gasteiger charge is -2.09. The molecule has 9 nitrogen and oxygen atoms in total. The summed E-state index contributed by atoms with van der Waals surface area (Å²) in [5.74, 6) is -0.150. The molecule has 9 heteroatoms. The molecule has 0 aromatic carbocycles. The molecule has 0 saturated heterocycles. The van der Waals surface area contributed by atoms with Crippen molar-refractivity contribution in [3.63, 3.8) is 0 Å². The van der Waals surface area contributed by atoms with Crippen molar-refractivity contribution in [3.8, 4) is 11.4 Å². The molecule has 0 aliphatic carbocycles. The van der Waals surface area contributed by atoms with E-state index in [2.05, 4.69) is 20.6 Å². The van der Waals surface area contributed by atoms with Crippen molar-refractivity contribution in [3.05, 3.63) is 64.6 Å². The molecule has 0 aliphatic rings. The average molecular weight is 340 g/mol. The van der Waals surface area contributed by atoms with Gasteiger partial charge in [0.25, 0.3) is 11.5 Å². The summed E-state index contributed by atoms with van der Waals surface area (Å²) in [4.78, 5) is 28.0. The van der Waals surface area contributed by atoms with Crippen LogP contribution in [0.2, 0.25) is 0 Å². The zero-order valence-electron chi connectivity index (χ0n) is 13.7. The molecule has 1 amide bonds. The normalized spacial score (nSPS) is 10.5. The Morgan fingerprint density at radius 1 is 1.36 bits per heavy atom. The molecule has 0 aliphatic heterocycles. The number of nitrogens with zero attached hydrogens (tertiary/aromatic N) is 5. The van der Waals surface area contributed by atoms with Gasteiger partial charge in [0.1, 0.15) is 11.4 Å². The largest absolute Gasteiger partial charge is 0.496 e. The highest BCUT2D eigenvalue weighted by Gasteiger charge is 2.14. The van der Waals surface area contributed by atoms with Crippen LogP contribution >= 0.6 is 0 Å². The van der Waals surface area contributed by atoms with Crippen molar-refractivity contribution in [1.82, 2.24) is 29.9 Å². The Hall–Kier alpha value is -3.49. The third kappa shape index (κ3) is 3.55. The van der Waals surface area contributed by atoms with Crippen molar-refractivity contribution in [2.24, 2.45) is 7.05 Å². The summed E-state index contributed by atoms with van der Waals surface area (Å²) >= 11 is 0. The summed E-state index contributed by atoms with van der Waals surface area (Å²) < 4.78 is 7.99. The Balaban J connectivity index is 1.72. The van der Waals surface area contributed by atoms with E-state index in [1.54, 1.807) is 36.4 Å². The van der Waals surface area contributed by atoms with E-state index in [0.29, 0.717) is 5.69 Å². The van der Waals surface area contributed by atoms with Crippen LogP contribution in [-0.2, 0) is 13.6 Å². The average Bonchev–Trinajstić information content (AvgIpc) is 3.11. The molecule has 0 fully saturated rings. The predicted octanol–water partition coefficient (Wildman–Crippen LogP) is 0.300. The second-order valence-corrected chi connectivity index (χ2v) is 5.25. The number of rotatable bonds is 5. The molecular weight excluding hydrogens is 324 g/mol. The molecule has 3 rings (SSSR count). The highest BCUT2D eigenvalue weighted by atomic mass is 16.5. The third-order valence-corrected chi connectivity index (χ3v) is 3.54. The minimum Gasteiger partial charge on any atom is -0.496 e. The molecule has 25 heavy (non-hydrogen) atoms. The van der Waals surface area contributed by atoms with Crippen LogP contribution in [0.5, 0.6) is 5.75 Å². The van der Waals surface area contributed by atoms with Crippen molar-refractivity contribution in [2.45, 2.75) is 6.54 Å². The second kappa shape index (κ2) is 6.95. The number of nitrogens with one attached hydrogen (secondary N) is 1. The first-order valence-electron chi connectivity index (χ1n) is 7.43. The number of hydrogen-bond acceptors (Lipinski definition) is 6. The summed E-state index contributed by atoms with van der Waals surface area (Å²) in [5.41, 5.74) is 1.37. The molecule has 1 N–H and O–H groups in total. The van der Waals surface area contributed by atoms with Gasteiger partial charge in [-0.1, -0.05) is 5.21 Å². The number of aromatic nitrogens is 5. The number of methoxy groups -OCH3 is 1. The minimum atomic E-state index is -0.372. The van der Waals surface area contributed by atoms with E-state index >= 15 is 0 Å². The predicted molar refractivity (Wildman–Crippen MR) is 88.6 cm³/mol. The van der Waals surface area contributed by atoms with Gasteiger partial charge in [-0.3, -0.25) is 14.6 Å². The number of ether oxygens (including phenoxy) is 1. The Morgan fingerprint density at radius 2 is 2.20 bits per heavy atom. The summed E-state index contributed by atoms with van der Waals surface area (Å²) in [5, 5.41) is 10.8. The van der Waals surface area contributed by atoms with Gasteiger partial charge in [0.15, 0.2) is 0 Å². The van der Waals surface area contributed by atoms with Crippen LogP contribution in [0.4, 0.5) is 0 Å². The van der Waals surface area contributed by atoms with E-state index in [0.717, 1.165) is 5.69 Å². The summed E-state index contributed by atoms with van der Waals surface area (Å²) in [6.07, 6.45) is 6.47. The van der Waals surface area contributed by atoms with Gasteiger partial charge in [-0.15, -0.1) is 5.10 Å². The molecule has 0 spiro atoms. The molecule has 0 unspecified atom stereocenters. The van der Waals surface area contributed by atoms with Crippen LogP contribution in [0.1, 0.15) is 16.1 Å². The number of carbonyl (C=O) groups excluding carboxylic acids is 1. The molecule has 3 aromatic rings. The number of aryl methyl sites for hydroxylation is 1. The van der Waals surface area contributed by atoms with E-state index in [4.69, 9.17) is 4.74 Å². The lowest BCUT2D eigenvalue weighted by Crippen LogP contribution is -2.26. The van der Waals surface area contributed by atoms with Gasteiger partial charge in [0.05, 0.1) is 37.3 Å². The highest BCUT2D eigenvalue weighted by Crippen LogP contribution is 2.14. The minimum absolute atomic E-state index is 0.186. The van der Waals surface area contributed by atoms with Crippen molar-refractivity contribution >= 4 is 5.91 Å². The monoisotopic (exact) mass is 340 g/mol. The quantitative estimate of drug-likeness (QED) is 0.716. The number of hydrogen-bond donors (Lipinski definition) is 1. The van der Waals surface area contributed by atoms with E-state index in [1.807, 2.05) is 6.07 Å². The van der Waals surface area contributed by atoms with Crippen LogP contribution < -0.4 is 15.6 Å². The number of pyridine rings is 2. The van der Waals surface area contributed by atoms with E-state index in [-0.39, 0.29) is 29.3 Å². The fourth-order valence-corrected chi connectivity index (χ4v) is 2.21. The van der Waals surface area contributed by atoms with Crippen molar-refractivity contribution in [2.75, 3.05) is 7.11 Å². The zero-order valence-corrected chi connectivity index (χ0v) is 13.7. The molecule has 3 aromatic heterocycles. The second-order valence-electron chi connectivity index (χ2n) is 5.25. The molecule has 0 bridgehead atoms. The van der Waals surface area contributed by atoms with Crippen LogP contribution in [0.3, 0.4) is 0 Å². The van der Waals surface area contributed by atoms with E-state index in [9.17, 15) is 9.59 Å². The van der Waals surface area contributed by atoms with Gasteiger partial charge in [0.2, 0.25) is 0 Å². The lowest BCUT2D eigenvalue weighted by atomic mass is 10.2. The zero-order chi connectivity index (χ0) is 17.8. The van der Waals surface area contributed by atoms with E-state index in [1.165, 1.54) is 23.9 Å². The van der Waals surface area contributed by atoms with Crippen LogP contribution in [0.15, 0.2) is 47.8 Å². The third-order valence-electron chi connectivity index (χ3n) is 3.54. The molecule has 0 saturated carbocycles. The Kier molecular flexibility index (Phi) is 4.55. The molecule has 0 radical (unpaired) electrons. The van der Waals surface area contributed by atoms with Gasteiger partial charge in [0, 0.05) is 25.5 Å². The van der Waals surface area contributed by atoms with Gasteiger partial charge < -0.3 is 14.6 Å². The van der Waals surface area contributed by atoms with Crippen LogP contribution in [-0.4, -0.2) is 37.6 Å². The maximum atomic E-state index is 12.4. The topological polar surface area (TPSA) is 104 Å². The fourth-order valence-electron chi connectivity index (χ4n) is 2.21. The standard InChI is InChI=1S/C16H16N6O3/c1-21-10-13(14(25-2)6-15(21)23)16(24)18-7-11-9-22(20-19-11)12-4-3-5-17-8-12/h3-6,8-10H,7H2,1-2H3,(H,18,24). The first-order chi connectivity index (χ1) is 12.1. The highest BCUT2D eigenvalue weighted by molar-refractivity contribution is 5.96. The van der Waals surface area contributed by atoms with Crippen molar-refractivity contribution < 1.29 is 9.53 Å². The fraction of sp³-hybridized carbons (Fsp3) is 0.188. The molecule has 128 valence electrons. The SMILES string of the molecule is COc1cc(=O)n(C)cc1C(=O)NCc1cn(-c2cccnc2)nn1. The first kappa shape index (κ1) is 16.4. The summed E-state index contributed by atoms with van der Waals surface area (Å²) in [7, 11) is 2.98. The number of carbonyl (C=O) groups is 1. The Bertz CT molecular complexity index is 948. The molecule has 0 atom stereocenters.